The maximum Gasteiger partial charge on any atom is 0.416 e. The number of hydrogen-bond donors (Lipinski definition) is 2. The van der Waals surface area contributed by atoms with Crippen molar-refractivity contribution >= 4 is 5.91 Å². The largest absolute Gasteiger partial charge is 0.416 e. The number of benzene rings is 1. The van der Waals surface area contributed by atoms with E-state index in [2.05, 4.69) is 15.6 Å². The van der Waals surface area contributed by atoms with E-state index < -0.39 is 17.6 Å². The summed E-state index contributed by atoms with van der Waals surface area (Å²) in [7, 11) is 0. The van der Waals surface area contributed by atoms with Gasteiger partial charge in [-0.15, -0.1) is 5.10 Å². The van der Waals surface area contributed by atoms with Crippen LogP contribution in [0.25, 0.3) is 5.69 Å². The number of carbonyl (C=O) groups is 1. The third kappa shape index (κ3) is 4.28. The number of carbonyl (C=O) groups excluding carboxylic acids is 1. The van der Waals surface area contributed by atoms with Gasteiger partial charge in [-0.25, -0.2) is 4.68 Å². The summed E-state index contributed by atoms with van der Waals surface area (Å²) in [4.78, 5) is 11.9. The highest BCUT2D eigenvalue weighted by Gasteiger charge is 2.30. The van der Waals surface area contributed by atoms with Gasteiger partial charge < -0.3 is 10.4 Å². The molecule has 0 aliphatic rings. The van der Waals surface area contributed by atoms with Crippen LogP contribution in [0.3, 0.4) is 0 Å². The monoisotopic (exact) mass is 328 g/mol. The Morgan fingerprint density at radius 1 is 1.43 bits per heavy atom. The second kappa shape index (κ2) is 6.78. The number of aromatic nitrogens is 3. The lowest BCUT2D eigenvalue weighted by Gasteiger charge is -2.10. The Morgan fingerprint density at radius 3 is 2.83 bits per heavy atom. The minimum Gasteiger partial charge on any atom is -0.396 e. The molecular weight excluding hydrogens is 313 g/mol. The van der Waals surface area contributed by atoms with Gasteiger partial charge in [-0.05, 0) is 31.5 Å². The molecule has 0 saturated carbocycles. The predicted molar refractivity (Wildman–Crippen MR) is 75.0 cm³/mol. The third-order valence-electron chi connectivity index (χ3n) is 3.10. The molecule has 1 atom stereocenters. The van der Waals surface area contributed by atoms with Gasteiger partial charge in [-0.2, -0.15) is 13.2 Å². The van der Waals surface area contributed by atoms with Gasteiger partial charge in [0.15, 0.2) is 5.69 Å². The number of rotatable bonds is 5. The van der Waals surface area contributed by atoms with E-state index >= 15 is 0 Å². The van der Waals surface area contributed by atoms with Crippen molar-refractivity contribution < 1.29 is 23.1 Å². The number of aliphatic hydroxyl groups is 1. The summed E-state index contributed by atoms with van der Waals surface area (Å²) in [5.41, 5.74) is -0.685. The average Bonchev–Trinajstić information content (AvgIpc) is 2.96. The Bertz CT molecular complexity index is 685. The normalized spacial score (nSPS) is 12.9. The molecule has 0 saturated heterocycles. The first-order valence-corrected chi connectivity index (χ1v) is 6.83. The molecule has 1 heterocycles. The van der Waals surface area contributed by atoms with Crippen molar-refractivity contribution in [1.29, 1.82) is 0 Å². The van der Waals surface area contributed by atoms with Gasteiger partial charge >= 0.3 is 6.18 Å². The lowest BCUT2D eigenvalue weighted by Crippen LogP contribution is -2.33. The van der Waals surface area contributed by atoms with Crippen molar-refractivity contribution in [1.82, 2.24) is 20.3 Å². The van der Waals surface area contributed by atoms with Crippen molar-refractivity contribution in [3.8, 4) is 5.69 Å². The number of halogens is 3. The van der Waals surface area contributed by atoms with E-state index in [0.717, 1.165) is 16.8 Å². The van der Waals surface area contributed by atoms with E-state index in [1.54, 1.807) is 6.92 Å². The van der Waals surface area contributed by atoms with Gasteiger partial charge in [0.1, 0.15) is 0 Å². The lowest BCUT2D eigenvalue weighted by atomic mass is 10.2. The minimum atomic E-state index is -4.46. The van der Waals surface area contributed by atoms with Crippen LogP contribution >= 0.6 is 0 Å². The SMILES string of the molecule is CC(CCO)NC(=O)c1cn(-c2cccc(C(F)(F)F)c2)nn1. The summed E-state index contributed by atoms with van der Waals surface area (Å²) in [6.45, 7) is 1.64. The topological polar surface area (TPSA) is 80.0 Å². The molecule has 9 heteroatoms. The van der Waals surface area contributed by atoms with Crippen LogP contribution in [-0.4, -0.2) is 38.7 Å². The van der Waals surface area contributed by atoms with E-state index in [1.165, 1.54) is 18.3 Å². The van der Waals surface area contributed by atoms with Crippen molar-refractivity contribution in [3.63, 3.8) is 0 Å². The number of hydrogen-bond acceptors (Lipinski definition) is 4. The molecule has 0 bridgehead atoms. The molecule has 124 valence electrons. The highest BCUT2D eigenvalue weighted by Crippen LogP contribution is 2.30. The van der Waals surface area contributed by atoms with E-state index in [1.807, 2.05) is 0 Å². The number of nitrogens with zero attached hydrogens (tertiary/aromatic N) is 3. The van der Waals surface area contributed by atoms with Crippen molar-refractivity contribution in [2.24, 2.45) is 0 Å². The Hall–Kier alpha value is -2.42. The lowest BCUT2D eigenvalue weighted by molar-refractivity contribution is -0.137. The smallest absolute Gasteiger partial charge is 0.396 e. The first-order valence-electron chi connectivity index (χ1n) is 6.83. The van der Waals surface area contributed by atoms with Gasteiger partial charge in [-0.3, -0.25) is 4.79 Å². The van der Waals surface area contributed by atoms with Crippen LogP contribution in [0.1, 0.15) is 29.4 Å². The average molecular weight is 328 g/mol. The summed E-state index contributed by atoms with van der Waals surface area (Å²) >= 11 is 0. The van der Waals surface area contributed by atoms with E-state index in [9.17, 15) is 18.0 Å². The van der Waals surface area contributed by atoms with E-state index in [0.29, 0.717) is 6.42 Å². The van der Waals surface area contributed by atoms with Crippen molar-refractivity contribution in [3.05, 3.63) is 41.7 Å². The number of nitrogens with one attached hydrogen (secondary N) is 1. The molecule has 2 rings (SSSR count). The zero-order valence-corrected chi connectivity index (χ0v) is 12.2. The Balaban J connectivity index is 2.18. The van der Waals surface area contributed by atoms with Crippen LogP contribution < -0.4 is 5.32 Å². The molecule has 1 unspecified atom stereocenters. The summed E-state index contributed by atoms with van der Waals surface area (Å²) in [6, 6.07) is 4.30. The van der Waals surface area contributed by atoms with Crippen LogP contribution in [0.5, 0.6) is 0 Å². The Labute approximate surface area is 129 Å². The zero-order chi connectivity index (χ0) is 17.0. The van der Waals surface area contributed by atoms with E-state index in [4.69, 9.17) is 5.11 Å². The fraction of sp³-hybridized carbons (Fsp3) is 0.357. The second-order valence-corrected chi connectivity index (χ2v) is 4.98. The molecule has 6 nitrogen and oxygen atoms in total. The minimum absolute atomic E-state index is 0.0211. The Morgan fingerprint density at radius 2 is 2.17 bits per heavy atom. The predicted octanol–water partition coefficient (Wildman–Crippen LogP) is 1.79. The maximum absolute atomic E-state index is 12.7. The molecule has 0 aliphatic heterocycles. The molecule has 0 radical (unpaired) electrons. The molecule has 1 amide bonds. The number of amides is 1. The molecular formula is C14H15F3N4O2. The van der Waals surface area contributed by atoms with Crippen molar-refractivity contribution in [2.75, 3.05) is 6.61 Å². The first-order chi connectivity index (χ1) is 10.8. The van der Waals surface area contributed by atoms with Gasteiger partial charge in [0.05, 0.1) is 17.4 Å². The molecule has 1 aromatic heterocycles. The fourth-order valence-electron chi connectivity index (χ4n) is 1.88. The van der Waals surface area contributed by atoms with Crippen LogP contribution in [0.2, 0.25) is 0 Å². The summed E-state index contributed by atoms with van der Waals surface area (Å²) in [6.07, 6.45) is -2.83. The summed E-state index contributed by atoms with van der Waals surface area (Å²) in [5, 5.41) is 18.7. The van der Waals surface area contributed by atoms with Crippen LogP contribution in [0.15, 0.2) is 30.5 Å². The number of aliphatic hydroxyl groups excluding tert-OH is 1. The van der Waals surface area contributed by atoms with Crippen LogP contribution in [0.4, 0.5) is 13.2 Å². The molecule has 0 fully saturated rings. The molecule has 0 aliphatic carbocycles. The Kier molecular flexibility index (Phi) is 4.99. The van der Waals surface area contributed by atoms with Gasteiger partial charge in [0.2, 0.25) is 0 Å². The van der Waals surface area contributed by atoms with Gasteiger partial charge in [0, 0.05) is 12.6 Å². The quantitative estimate of drug-likeness (QED) is 0.877. The second-order valence-electron chi connectivity index (χ2n) is 4.98. The maximum atomic E-state index is 12.7. The molecule has 1 aromatic carbocycles. The summed E-state index contributed by atoms with van der Waals surface area (Å²) < 4.78 is 39.2. The highest BCUT2D eigenvalue weighted by atomic mass is 19.4. The zero-order valence-electron chi connectivity index (χ0n) is 12.2. The summed E-state index contributed by atoms with van der Waals surface area (Å²) in [5.74, 6) is -0.510. The van der Waals surface area contributed by atoms with E-state index in [-0.39, 0.29) is 24.0 Å². The van der Waals surface area contributed by atoms with Gasteiger partial charge in [-0.1, -0.05) is 11.3 Å². The fourth-order valence-corrected chi connectivity index (χ4v) is 1.88. The molecule has 2 N–H and O–H groups in total. The van der Waals surface area contributed by atoms with Crippen molar-refractivity contribution in [2.45, 2.75) is 25.6 Å². The molecule has 2 aromatic rings. The molecule has 0 spiro atoms. The van der Waals surface area contributed by atoms with Crippen LogP contribution in [0, 0.1) is 0 Å². The first kappa shape index (κ1) is 16.9. The number of alkyl halides is 3. The molecule has 23 heavy (non-hydrogen) atoms. The van der Waals surface area contributed by atoms with Gasteiger partial charge in [0.25, 0.3) is 5.91 Å². The standard InChI is InChI=1S/C14H15F3N4O2/c1-9(5-6-22)18-13(23)12-8-21(20-19-12)11-4-2-3-10(7-11)14(15,16)17/h2-4,7-9,22H,5-6H2,1H3,(H,18,23). The highest BCUT2D eigenvalue weighted by molar-refractivity contribution is 5.92. The third-order valence-corrected chi connectivity index (χ3v) is 3.10. The van der Waals surface area contributed by atoms with Crippen LogP contribution in [-0.2, 0) is 6.18 Å².